The van der Waals surface area contributed by atoms with E-state index in [0.29, 0.717) is 6.07 Å². The summed E-state index contributed by atoms with van der Waals surface area (Å²) in [4.78, 5) is 34.0. The van der Waals surface area contributed by atoms with Gasteiger partial charge in [0.05, 0.1) is 30.3 Å². The number of halogens is 3. The minimum atomic E-state index is -1.70. The molecule has 0 heterocycles. The average Bonchev–Trinajstić information content (AvgIpc) is 2.54. The van der Waals surface area contributed by atoms with Crippen molar-refractivity contribution in [3.8, 4) is 0 Å². The Hall–Kier alpha value is -2.23. The van der Waals surface area contributed by atoms with E-state index < -0.39 is 47.5 Å². The highest BCUT2D eigenvalue weighted by Crippen LogP contribution is 2.19. The highest BCUT2D eigenvalue weighted by Gasteiger charge is 2.15. The van der Waals surface area contributed by atoms with E-state index in [1.807, 2.05) is 5.32 Å². The number of hydrogen-bond acceptors (Lipinski definition) is 5. The number of benzene rings is 1. The molecule has 10 heteroatoms. The van der Waals surface area contributed by atoms with Crippen LogP contribution in [0, 0.1) is 17.5 Å². The van der Waals surface area contributed by atoms with Crippen molar-refractivity contribution in [1.29, 1.82) is 0 Å². The molecule has 0 spiro atoms. The molecule has 24 heavy (non-hydrogen) atoms. The van der Waals surface area contributed by atoms with Gasteiger partial charge in [0.1, 0.15) is 0 Å². The standard InChI is InChI=1S/C14H15F3N2O4S/c1-2-23-12(22)7-24-6-11(21)18-5-10(20)19-9-4-3-8(15)13(16)14(9)17/h3-4H,2,5-7H2,1H3,(H,18,21)(H,19,20). The normalized spacial score (nSPS) is 10.2. The average molecular weight is 364 g/mol. The van der Waals surface area contributed by atoms with Gasteiger partial charge in [-0.25, -0.2) is 13.2 Å². The summed E-state index contributed by atoms with van der Waals surface area (Å²) >= 11 is 1.00. The number of esters is 1. The van der Waals surface area contributed by atoms with Gasteiger partial charge in [-0.3, -0.25) is 14.4 Å². The Kier molecular flexibility index (Phi) is 8.10. The number of carbonyl (C=O) groups is 3. The van der Waals surface area contributed by atoms with E-state index >= 15 is 0 Å². The molecule has 0 bridgehead atoms. The van der Waals surface area contributed by atoms with Crippen LogP contribution in [-0.4, -0.2) is 42.4 Å². The lowest BCUT2D eigenvalue weighted by atomic mass is 10.2. The summed E-state index contributed by atoms with van der Waals surface area (Å²) in [7, 11) is 0. The summed E-state index contributed by atoms with van der Waals surface area (Å²) in [6, 6.07) is 1.53. The largest absolute Gasteiger partial charge is 0.465 e. The summed E-state index contributed by atoms with van der Waals surface area (Å²) in [6.07, 6.45) is 0. The molecule has 6 nitrogen and oxygen atoms in total. The van der Waals surface area contributed by atoms with Crippen molar-refractivity contribution in [2.75, 3.05) is 30.0 Å². The Morgan fingerprint density at radius 2 is 1.79 bits per heavy atom. The predicted molar refractivity (Wildman–Crippen MR) is 81.9 cm³/mol. The molecule has 0 aliphatic rings. The second kappa shape index (κ2) is 9.81. The molecule has 1 rings (SSSR count). The maximum atomic E-state index is 13.4. The minimum Gasteiger partial charge on any atom is -0.465 e. The summed E-state index contributed by atoms with van der Waals surface area (Å²) in [5.41, 5.74) is -0.537. The van der Waals surface area contributed by atoms with Gasteiger partial charge in [0.25, 0.3) is 0 Å². The van der Waals surface area contributed by atoms with Crippen LogP contribution < -0.4 is 10.6 Å². The topological polar surface area (TPSA) is 84.5 Å². The zero-order valence-corrected chi connectivity index (χ0v) is 13.5. The molecule has 0 fully saturated rings. The monoisotopic (exact) mass is 364 g/mol. The van der Waals surface area contributed by atoms with E-state index in [4.69, 9.17) is 0 Å². The van der Waals surface area contributed by atoms with Crippen molar-refractivity contribution in [3.05, 3.63) is 29.6 Å². The first kappa shape index (κ1) is 19.8. The van der Waals surface area contributed by atoms with Crippen LogP contribution in [0.5, 0.6) is 0 Å². The zero-order valence-electron chi connectivity index (χ0n) is 12.7. The minimum absolute atomic E-state index is 0.00642. The van der Waals surface area contributed by atoms with Crippen molar-refractivity contribution in [3.63, 3.8) is 0 Å². The number of carbonyl (C=O) groups excluding carboxylic acids is 3. The van der Waals surface area contributed by atoms with Crippen LogP contribution in [0.3, 0.4) is 0 Å². The fraction of sp³-hybridized carbons (Fsp3) is 0.357. The van der Waals surface area contributed by atoms with E-state index in [1.165, 1.54) is 0 Å². The summed E-state index contributed by atoms with van der Waals surface area (Å²) < 4.78 is 43.8. The Balaban J connectivity index is 2.35. The third-order valence-electron chi connectivity index (χ3n) is 2.51. The van der Waals surface area contributed by atoms with Crippen molar-refractivity contribution in [2.24, 2.45) is 0 Å². The number of ether oxygens (including phenoxy) is 1. The van der Waals surface area contributed by atoms with E-state index in [0.717, 1.165) is 17.8 Å². The van der Waals surface area contributed by atoms with Crippen molar-refractivity contribution < 1.29 is 32.3 Å². The SMILES string of the molecule is CCOC(=O)CSCC(=O)NCC(=O)Nc1ccc(F)c(F)c1F. The molecule has 1 aromatic carbocycles. The number of anilines is 1. The second-order valence-corrected chi connectivity index (χ2v) is 5.33. The molecule has 2 amide bonds. The number of thioether (sulfide) groups is 1. The fourth-order valence-electron chi connectivity index (χ4n) is 1.48. The van der Waals surface area contributed by atoms with Crippen LogP contribution >= 0.6 is 11.8 Å². The Morgan fingerprint density at radius 1 is 1.08 bits per heavy atom. The van der Waals surface area contributed by atoms with Gasteiger partial charge in [0, 0.05) is 0 Å². The summed E-state index contributed by atoms with van der Waals surface area (Å²) in [5.74, 6) is -6.49. The quantitative estimate of drug-likeness (QED) is 0.539. The van der Waals surface area contributed by atoms with Crippen LogP contribution in [0.2, 0.25) is 0 Å². The van der Waals surface area contributed by atoms with Gasteiger partial charge in [0.15, 0.2) is 17.5 Å². The van der Waals surface area contributed by atoms with Crippen LogP contribution in [-0.2, 0) is 19.1 Å². The number of amides is 2. The molecule has 0 aliphatic carbocycles. The molecule has 0 radical (unpaired) electrons. The van der Waals surface area contributed by atoms with Gasteiger partial charge in [-0.05, 0) is 19.1 Å². The van der Waals surface area contributed by atoms with Crippen LogP contribution in [0.1, 0.15) is 6.92 Å². The first-order chi connectivity index (χ1) is 11.3. The molecule has 1 aromatic rings. The Bertz CT molecular complexity index is 628. The first-order valence-electron chi connectivity index (χ1n) is 6.78. The maximum absolute atomic E-state index is 13.4. The fourth-order valence-corrected chi connectivity index (χ4v) is 2.12. The number of rotatable bonds is 8. The summed E-state index contributed by atoms with van der Waals surface area (Å²) in [6.45, 7) is 1.41. The molecule has 0 saturated carbocycles. The molecule has 0 aliphatic heterocycles. The highest BCUT2D eigenvalue weighted by atomic mass is 32.2. The molecular formula is C14H15F3N2O4S. The molecule has 0 unspecified atom stereocenters. The first-order valence-corrected chi connectivity index (χ1v) is 7.94. The highest BCUT2D eigenvalue weighted by molar-refractivity contribution is 8.00. The van der Waals surface area contributed by atoms with E-state index in [9.17, 15) is 27.6 Å². The molecule has 0 aromatic heterocycles. The maximum Gasteiger partial charge on any atom is 0.315 e. The van der Waals surface area contributed by atoms with Crippen LogP contribution in [0.4, 0.5) is 18.9 Å². The van der Waals surface area contributed by atoms with Gasteiger partial charge >= 0.3 is 5.97 Å². The van der Waals surface area contributed by atoms with Gasteiger partial charge in [-0.1, -0.05) is 0 Å². The van der Waals surface area contributed by atoms with E-state index in [2.05, 4.69) is 10.1 Å². The Morgan fingerprint density at radius 3 is 2.46 bits per heavy atom. The van der Waals surface area contributed by atoms with Gasteiger partial charge in [0.2, 0.25) is 11.8 Å². The molecular weight excluding hydrogens is 349 g/mol. The lowest BCUT2D eigenvalue weighted by molar-refractivity contribution is -0.139. The summed E-state index contributed by atoms with van der Waals surface area (Å²) in [5, 5.41) is 4.25. The Labute approximate surface area is 140 Å². The van der Waals surface area contributed by atoms with Crippen LogP contribution in [0.25, 0.3) is 0 Å². The second-order valence-electron chi connectivity index (χ2n) is 4.35. The zero-order chi connectivity index (χ0) is 18.1. The molecule has 0 atom stereocenters. The van der Waals surface area contributed by atoms with Gasteiger partial charge in [-0.2, -0.15) is 0 Å². The predicted octanol–water partition coefficient (Wildman–Crippen LogP) is 1.45. The van der Waals surface area contributed by atoms with Crippen molar-refractivity contribution in [2.45, 2.75) is 6.92 Å². The molecule has 2 N–H and O–H groups in total. The molecule has 0 saturated heterocycles. The smallest absolute Gasteiger partial charge is 0.315 e. The van der Waals surface area contributed by atoms with E-state index in [-0.39, 0.29) is 18.1 Å². The number of hydrogen-bond donors (Lipinski definition) is 2. The lowest BCUT2D eigenvalue weighted by Gasteiger charge is -2.08. The van der Waals surface area contributed by atoms with Crippen molar-refractivity contribution in [1.82, 2.24) is 5.32 Å². The third-order valence-corrected chi connectivity index (χ3v) is 3.42. The van der Waals surface area contributed by atoms with Gasteiger partial charge in [-0.15, -0.1) is 11.8 Å². The third kappa shape index (κ3) is 6.49. The lowest BCUT2D eigenvalue weighted by Crippen LogP contribution is -2.34. The number of nitrogens with one attached hydrogen (secondary N) is 2. The molecule has 132 valence electrons. The van der Waals surface area contributed by atoms with Gasteiger partial charge < -0.3 is 15.4 Å². The van der Waals surface area contributed by atoms with E-state index in [1.54, 1.807) is 6.92 Å². The van der Waals surface area contributed by atoms with Crippen LogP contribution in [0.15, 0.2) is 12.1 Å². The van der Waals surface area contributed by atoms with Crippen molar-refractivity contribution >= 4 is 35.2 Å².